The molecule has 0 aliphatic carbocycles. The molecule has 0 aromatic heterocycles. The quantitative estimate of drug-likeness (QED) is 0.289. The zero-order valence-corrected chi connectivity index (χ0v) is 7.05. The van der Waals surface area contributed by atoms with Crippen molar-refractivity contribution in [2.24, 2.45) is 0 Å². The van der Waals surface area contributed by atoms with E-state index in [9.17, 15) is 19.7 Å². The molecule has 0 rings (SSSR count). The summed E-state index contributed by atoms with van der Waals surface area (Å²) in [7, 11) is 0. The molecule has 0 spiro atoms. The third-order valence-corrected chi connectivity index (χ3v) is 1.40. The Morgan fingerprint density at radius 2 is 2.29 bits per heavy atom. The van der Waals surface area contributed by atoms with E-state index in [1.165, 1.54) is 4.83 Å². The van der Waals surface area contributed by atoms with Crippen LogP contribution >= 0.6 is 12.1 Å². The molecule has 0 aromatic carbocycles. The Kier molecular flexibility index (Phi) is 4.57. The predicted octanol–water partition coefficient (Wildman–Crippen LogP) is -0.0714. The van der Waals surface area contributed by atoms with Crippen LogP contribution in [0.1, 0.15) is 0 Å². The number of carboxylic acid groups (broad SMARTS) is 1. The summed E-state index contributed by atoms with van der Waals surface area (Å²) in [5, 5.41) is 24.8. The third-order valence-electron chi connectivity index (χ3n) is 0.679. The summed E-state index contributed by atoms with van der Waals surface area (Å²) in [6, 6.07) is 0. The van der Waals surface area contributed by atoms with Gasteiger partial charge in [-0.15, -0.1) is 9.57 Å². The number of amides is 2. The normalized spacial score (nSPS) is 8.21. The van der Waals surface area contributed by atoms with Crippen molar-refractivity contribution in [3.8, 4) is 6.26 Å². The molecule has 2 N–H and O–H groups in total. The predicted molar refractivity (Wildman–Crippen MR) is 39.7 cm³/mol. The van der Waals surface area contributed by atoms with Crippen molar-refractivity contribution in [1.82, 2.24) is 9.14 Å². The molecule has 0 saturated heterocycles. The van der Waals surface area contributed by atoms with Crippen LogP contribution in [-0.2, 0) is 4.74 Å². The minimum atomic E-state index is -1.82. The number of hydrogen-bond donors (Lipinski definition) is 2. The maximum absolute atomic E-state index is 10.6. The number of nitriles is 1. The van der Waals surface area contributed by atoms with Gasteiger partial charge in [0.25, 0.3) is 6.26 Å². The van der Waals surface area contributed by atoms with E-state index in [2.05, 4.69) is 4.74 Å². The standard InChI is InChI=1S/C3H2N4O6S/c4-1-13-3(10)6(2(8)9)14-5-7(11)12/h5H,(H,8,9). The summed E-state index contributed by atoms with van der Waals surface area (Å²) in [6.07, 6.45) is -2.45. The lowest BCUT2D eigenvalue weighted by Crippen LogP contribution is -2.33. The van der Waals surface area contributed by atoms with Crippen molar-refractivity contribution >= 4 is 24.3 Å². The van der Waals surface area contributed by atoms with Crippen molar-refractivity contribution in [3.63, 3.8) is 0 Å². The number of carbonyl (C=O) groups is 2. The Morgan fingerprint density at radius 3 is 2.64 bits per heavy atom. The van der Waals surface area contributed by atoms with Crippen molar-refractivity contribution in [2.45, 2.75) is 0 Å². The highest BCUT2D eigenvalue weighted by molar-refractivity contribution is 7.95. The molecule has 10 nitrogen and oxygen atoms in total. The van der Waals surface area contributed by atoms with Gasteiger partial charge >= 0.3 is 12.2 Å². The highest BCUT2D eigenvalue weighted by Gasteiger charge is 2.25. The first kappa shape index (κ1) is 11.8. The van der Waals surface area contributed by atoms with Gasteiger partial charge in [-0.1, -0.05) is 4.83 Å². The van der Waals surface area contributed by atoms with Crippen LogP contribution in [0.3, 0.4) is 0 Å². The molecule has 0 fully saturated rings. The molecule has 2 amide bonds. The number of ether oxygens (including phenoxy) is 1. The van der Waals surface area contributed by atoms with Crippen LogP contribution in [0, 0.1) is 21.6 Å². The van der Waals surface area contributed by atoms with Gasteiger partial charge in [0.05, 0.1) is 0 Å². The monoisotopic (exact) mass is 222 g/mol. The van der Waals surface area contributed by atoms with Crippen molar-refractivity contribution in [3.05, 3.63) is 10.1 Å². The van der Waals surface area contributed by atoms with Gasteiger partial charge in [0.2, 0.25) is 0 Å². The molecule has 0 heterocycles. The number of imide groups is 1. The average Bonchev–Trinajstić information content (AvgIpc) is 2.03. The van der Waals surface area contributed by atoms with Gasteiger partial charge in [0, 0.05) is 0 Å². The lowest BCUT2D eigenvalue weighted by molar-refractivity contribution is -0.516. The summed E-state index contributed by atoms with van der Waals surface area (Å²) in [5.41, 5.74) is 0. The van der Waals surface area contributed by atoms with Gasteiger partial charge in [-0.25, -0.2) is 19.7 Å². The largest absolute Gasteiger partial charge is 0.464 e. The zero-order valence-electron chi connectivity index (χ0n) is 6.24. The second-order valence-electron chi connectivity index (χ2n) is 1.48. The van der Waals surface area contributed by atoms with Crippen LogP contribution in [0.2, 0.25) is 0 Å². The second kappa shape index (κ2) is 5.43. The Morgan fingerprint density at radius 1 is 1.71 bits per heavy atom. The number of rotatable bonds is 3. The smallest absolute Gasteiger partial charge is 0.446 e. The van der Waals surface area contributed by atoms with Gasteiger partial charge in [0.1, 0.15) is 12.1 Å². The fourth-order valence-corrected chi connectivity index (χ4v) is 0.647. The molecule has 0 aliphatic heterocycles. The average molecular weight is 222 g/mol. The van der Waals surface area contributed by atoms with Gasteiger partial charge in [-0.2, -0.15) is 0 Å². The molecule has 0 aliphatic rings. The van der Waals surface area contributed by atoms with Crippen molar-refractivity contribution in [1.29, 1.82) is 5.26 Å². The molecule has 0 unspecified atom stereocenters. The first-order chi connectivity index (χ1) is 6.49. The minimum absolute atomic E-state index is 0.155. The van der Waals surface area contributed by atoms with E-state index in [1.807, 2.05) is 0 Å². The topological polar surface area (TPSA) is 146 Å². The molecular weight excluding hydrogens is 220 g/mol. The number of nitrogens with one attached hydrogen (secondary N) is 1. The molecular formula is C3H2N4O6S. The highest BCUT2D eigenvalue weighted by atomic mass is 32.2. The third kappa shape index (κ3) is 3.97. The molecule has 0 radical (unpaired) electrons. The SMILES string of the molecule is N#COC(=O)N(SN[N+](=O)[O-])C(=O)O. The molecule has 0 saturated carbocycles. The Bertz CT molecular complexity index is 298. The van der Waals surface area contributed by atoms with E-state index in [0.717, 1.165) is 6.26 Å². The molecule has 0 atom stereocenters. The first-order valence-corrected chi connectivity index (χ1v) is 3.46. The molecule has 14 heavy (non-hydrogen) atoms. The molecule has 76 valence electrons. The van der Waals surface area contributed by atoms with Gasteiger partial charge < -0.3 is 9.84 Å². The zero-order chi connectivity index (χ0) is 11.1. The van der Waals surface area contributed by atoms with E-state index in [0.29, 0.717) is 0 Å². The van der Waals surface area contributed by atoms with E-state index >= 15 is 0 Å². The van der Waals surface area contributed by atoms with E-state index in [1.54, 1.807) is 0 Å². The van der Waals surface area contributed by atoms with E-state index < -0.39 is 17.2 Å². The van der Waals surface area contributed by atoms with E-state index in [4.69, 9.17) is 10.4 Å². The van der Waals surface area contributed by atoms with Crippen LogP contribution in [0.4, 0.5) is 9.59 Å². The fraction of sp³-hybridized carbons (Fsp3) is 0. The maximum Gasteiger partial charge on any atom is 0.446 e. The molecule has 0 aromatic rings. The Balaban J connectivity index is 4.31. The fourth-order valence-electron chi connectivity index (χ4n) is 0.309. The lowest BCUT2D eigenvalue weighted by atomic mass is 11.0. The highest BCUT2D eigenvalue weighted by Crippen LogP contribution is 2.07. The lowest BCUT2D eigenvalue weighted by Gasteiger charge is -2.08. The maximum atomic E-state index is 10.6. The Labute approximate surface area is 80.4 Å². The molecule has 0 bridgehead atoms. The number of hydrazine groups is 1. The summed E-state index contributed by atoms with van der Waals surface area (Å²) in [6.45, 7) is 0. The van der Waals surface area contributed by atoms with Crippen LogP contribution in [0.15, 0.2) is 0 Å². The summed E-state index contributed by atoms with van der Waals surface area (Å²) < 4.78 is 3.47. The second-order valence-corrected chi connectivity index (χ2v) is 2.21. The van der Waals surface area contributed by atoms with Crippen molar-refractivity contribution < 1.29 is 24.5 Å². The molecule has 11 heteroatoms. The summed E-state index contributed by atoms with van der Waals surface area (Å²) in [5.74, 6) is 0. The van der Waals surface area contributed by atoms with Crippen LogP contribution in [0.25, 0.3) is 0 Å². The van der Waals surface area contributed by atoms with Gasteiger partial charge in [-0.05, 0) is 0 Å². The van der Waals surface area contributed by atoms with Crippen LogP contribution in [0.5, 0.6) is 0 Å². The van der Waals surface area contributed by atoms with E-state index in [-0.39, 0.29) is 16.4 Å². The number of nitro groups is 1. The Hall–Kier alpha value is -2.22. The van der Waals surface area contributed by atoms with Crippen LogP contribution in [-0.4, -0.2) is 26.6 Å². The summed E-state index contributed by atoms with van der Waals surface area (Å²) >= 11 is -0.155. The minimum Gasteiger partial charge on any atom is -0.464 e. The number of carbonyl (C=O) groups excluding carboxylic acids is 1. The van der Waals surface area contributed by atoms with Gasteiger partial charge in [0.15, 0.2) is 5.03 Å². The van der Waals surface area contributed by atoms with Gasteiger partial charge in [-0.3, -0.25) is 0 Å². The number of hydrogen-bond acceptors (Lipinski definition) is 7. The number of nitrogens with zero attached hydrogens (tertiary/aromatic N) is 3. The first-order valence-electron chi connectivity index (χ1n) is 2.69. The summed E-state index contributed by atoms with van der Waals surface area (Å²) in [4.78, 5) is 32.0. The van der Waals surface area contributed by atoms with Crippen molar-refractivity contribution in [2.75, 3.05) is 0 Å². The van der Waals surface area contributed by atoms with Crippen LogP contribution < -0.4 is 4.83 Å².